The fourth-order valence-corrected chi connectivity index (χ4v) is 6.20. The minimum Gasteiger partial charge on any atom is -0.463 e. The Labute approximate surface area is 233 Å². The van der Waals surface area contributed by atoms with E-state index in [4.69, 9.17) is 42.6 Å². The molecule has 3 rings (SSSR count). The van der Waals surface area contributed by atoms with Crippen LogP contribution in [0.2, 0.25) is 0 Å². The van der Waals surface area contributed by atoms with Crippen molar-refractivity contribution in [2.75, 3.05) is 13.2 Å². The van der Waals surface area contributed by atoms with Gasteiger partial charge >= 0.3 is 35.8 Å². The molecule has 3 heterocycles. The molecule has 15 nitrogen and oxygen atoms in total. The molecule has 0 aromatic rings. The number of hydrogen-bond donors (Lipinski definition) is 0. The summed E-state index contributed by atoms with van der Waals surface area (Å²) in [6, 6.07) is 0. The second kappa shape index (κ2) is 13.6. The van der Waals surface area contributed by atoms with Crippen molar-refractivity contribution in [3.63, 3.8) is 0 Å². The SMILES string of the molecule is CC(=O)OC[C@H]1O[C@@H](S[C@H]2[C@@H](OC(C)=O)[C@@H]3OC[C@@H](O3)[C@H]2OC(C)=O)[C@H](OC(C)=O)[C@@H](OC(C)=O)[C@@H]1OC(C)=O. The van der Waals surface area contributed by atoms with Crippen LogP contribution in [-0.2, 0) is 71.4 Å². The van der Waals surface area contributed by atoms with E-state index in [1.165, 1.54) is 13.8 Å². The van der Waals surface area contributed by atoms with E-state index in [9.17, 15) is 28.8 Å². The van der Waals surface area contributed by atoms with E-state index in [1.807, 2.05) is 0 Å². The molecule has 0 amide bonds. The van der Waals surface area contributed by atoms with Crippen molar-refractivity contribution in [2.45, 2.75) is 101 Å². The van der Waals surface area contributed by atoms with Crippen molar-refractivity contribution >= 4 is 47.6 Å². The lowest BCUT2D eigenvalue weighted by Gasteiger charge is -2.46. The number of carbonyl (C=O) groups is 6. The van der Waals surface area contributed by atoms with Crippen LogP contribution in [0.4, 0.5) is 0 Å². The molecule has 224 valence electrons. The van der Waals surface area contributed by atoms with E-state index in [1.54, 1.807) is 0 Å². The average Bonchev–Trinajstić information content (AvgIpc) is 3.26. The summed E-state index contributed by atoms with van der Waals surface area (Å²) < 4.78 is 50.0. The first-order chi connectivity index (χ1) is 18.8. The maximum absolute atomic E-state index is 12.2. The fourth-order valence-electron chi connectivity index (χ4n) is 4.60. The molecule has 3 fully saturated rings. The third-order valence-electron chi connectivity index (χ3n) is 5.86. The lowest BCUT2D eigenvalue weighted by Crippen LogP contribution is -2.63. The first-order valence-corrected chi connectivity index (χ1v) is 13.3. The maximum Gasteiger partial charge on any atom is 0.303 e. The zero-order valence-electron chi connectivity index (χ0n) is 22.7. The molecule has 3 aliphatic heterocycles. The first kappa shape index (κ1) is 31.6. The Morgan fingerprint density at radius 1 is 0.625 bits per heavy atom. The van der Waals surface area contributed by atoms with E-state index < -0.39 is 102 Å². The number of ether oxygens (including phenoxy) is 9. The number of thioether (sulfide) groups is 1. The molecule has 0 unspecified atom stereocenters. The highest BCUT2D eigenvalue weighted by Crippen LogP contribution is 2.44. The van der Waals surface area contributed by atoms with Crippen LogP contribution >= 0.6 is 11.8 Å². The van der Waals surface area contributed by atoms with Crippen LogP contribution in [0, 0.1) is 0 Å². The molecular weight excluding hydrogens is 560 g/mol. The Kier molecular flexibility index (Phi) is 10.7. The predicted octanol–water partition coefficient (Wildman–Crippen LogP) is -0.210. The van der Waals surface area contributed by atoms with E-state index in [-0.39, 0.29) is 6.61 Å². The number of fused-ring (bicyclic) bond motifs is 2. The summed E-state index contributed by atoms with van der Waals surface area (Å²) in [6.07, 6.45) is -9.12. The van der Waals surface area contributed by atoms with E-state index >= 15 is 0 Å². The van der Waals surface area contributed by atoms with Gasteiger partial charge in [0.15, 0.2) is 30.7 Å². The molecule has 16 heteroatoms. The van der Waals surface area contributed by atoms with Gasteiger partial charge in [-0.25, -0.2) is 0 Å². The summed E-state index contributed by atoms with van der Waals surface area (Å²) in [5.74, 6) is -4.31. The van der Waals surface area contributed by atoms with Crippen LogP contribution in [0.25, 0.3) is 0 Å². The van der Waals surface area contributed by atoms with E-state index in [0.29, 0.717) is 0 Å². The summed E-state index contributed by atoms with van der Waals surface area (Å²) in [5, 5.41) is -0.889. The molecule has 0 aromatic carbocycles. The molecule has 0 N–H and O–H groups in total. The third-order valence-corrected chi connectivity index (χ3v) is 7.36. The van der Waals surface area contributed by atoms with E-state index in [2.05, 4.69) is 0 Å². The third kappa shape index (κ3) is 8.05. The normalized spacial score (nSPS) is 34.6. The van der Waals surface area contributed by atoms with Gasteiger partial charge < -0.3 is 42.6 Å². The Balaban J connectivity index is 2.05. The molecule has 0 aliphatic carbocycles. The van der Waals surface area contributed by atoms with Gasteiger partial charge in [-0.2, -0.15) is 0 Å². The summed E-state index contributed by atoms with van der Waals surface area (Å²) in [7, 11) is 0. The minimum atomic E-state index is -1.40. The molecule has 0 aromatic heterocycles. The van der Waals surface area contributed by atoms with E-state index in [0.717, 1.165) is 39.5 Å². The van der Waals surface area contributed by atoms with Gasteiger partial charge in [-0.3, -0.25) is 28.8 Å². The predicted molar refractivity (Wildman–Crippen MR) is 129 cm³/mol. The standard InChI is InChI=1S/C24H32O15S/c1-9(25)31-7-15-17(33-10(2)26)19(35-12(4)28)20(36-13(5)29)24(39-15)40-22-18(34-11(3)27)16-8-32-23(38-16)21(22)37-14(6)30/h15-24H,7-8H2,1-6H3/t15-,16-,17-,18-,19+,20-,21-,22-,23-,24+/m1/s1. The fraction of sp³-hybridized carbons (Fsp3) is 0.750. The maximum atomic E-state index is 12.2. The first-order valence-electron chi connectivity index (χ1n) is 12.3. The Bertz CT molecular complexity index is 971. The molecule has 2 bridgehead atoms. The second-order valence-electron chi connectivity index (χ2n) is 9.19. The average molecular weight is 593 g/mol. The van der Waals surface area contributed by atoms with Gasteiger partial charge in [-0.15, -0.1) is 11.8 Å². The van der Waals surface area contributed by atoms with Gasteiger partial charge in [0.2, 0.25) is 0 Å². The van der Waals surface area contributed by atoms with Crippen LogP contribution in [0.5, 0.6) is 0 Å². The van der Waals surface area contributed by atoms with Gasteiger partial charge in [0, 0.05) is 41.5 Å². The Morgan fingerprint density at radius 2 is 1.12 bits per heavy atom. The van der Waals surface area contributed by atoms with Crippen LogP contribution in [0.1, 0.15) is 41.5 Å². The quantitative estimate of drug-likeness (QED) is 0.253. The summed E-state index contributed by atoms with van der Waals surface area (Å²) in [4.78, 5) is 71.8. The smallest absolute Gasteiger partial charge is 0.303 e. The molecule has 3 aliphatic rings. The highest BCUT2D eigenvalue weighted by atomic mass is 32.2. The highest BCUT2D eigenvalue weighted by Gasteiger charge is 2.58. The Hall–Kier alpha value is -2.95. The highest BCUT2D eigenvalue weighted by molar-refractivity contribution is 8.00. The number of carbonyl (C=O) groups excluding carboxylic acids is 6. The molecule has 0 saturated carbocycles. The summed E-state index contributed by atoms with van der Waals surface area (Å²) >= 11 is 0.943. The zero-order chi connectivity index (χ0) is 29.7. The number of hydrogen-bond acceptors (Lipinski definition) is 16. The van der Waals surface area contributed by atoms with Crippen LogP contribution in [-0.4, -0.2) is 109 Å². The minimum absolute atomic E-state index is 0.0377. The van der Waals surface area contributed by atoms with Crippen molar-refractivity contribution in [2.24, 2.45) is 0 Å². The van der Waals surface area contributed by atoms with Gasteiger partial charge in [0.25, 0.3) is 0 Å². The van der Waals surface area contributed by atoms with Crippen molar-refractivity contribution in [3.8, 4) is 0 Å². The van der Waals surface area contributed by atoms with Gasteiger partial charge in [-0.05, 0) is 0 Å². The van der Waals surface area contributed by atoms with Crippen LogP contribution < -0.4 is 0 Å². The van der Waals surface area contributed by atoms with Crippen LogP contribution in [0.3, 0.4) is 0 Å². The zero-order valence-corrected chi connectivity index (χ0v) is 23.5. The van der Waals surface area contributed by atoms with Crippen molar-refractivity contribution in [1.82, 2.24) is 0 Å². The Morgan fingerprint density at radius 3 is 1.68 bits per heavy atom. The molecule has 3 saturated heterocycles. The van der Waals surface area contributed by atoms with Gasteiger partial charge in [-0.1, -0.05) is 0 Å². The number of esters is 6. The molecule has 10 atom stereocenters. The van der Waals surface area contributed by atoms with Crippen molar-refractivity contribution in [3.05, 3.63) is 0 Å². The lowest BCUT2D eigenvalue weighted by atomic mass is 9.99. The monoisotopic (exact) mass is 592 g/mol. The van der Waals surface area contributed by atoms with Gasteiger partial charge in [0.05, 0.1) is 11.9 Å². The molecule has 40 heavy (non-hydrogen) atoms. The summed E-state index contributed by atoms with van der Waals surface area (Å²) in [6.45, 7) is 6.48. The molecule has 0 spiro atoms. The largest absolute Gasteiger partial charge is 0.463 e. The van der Waals surface area contributed by atoms with Crippen molar-refractivity contribution in [1.29, 1.82) is 0 Å². The second-order valence-corrected chi connectivity index (χ2v) is 10.5. The lowest BCUT2D eigenvalue weighted by molar-refractivity contribution is -0.238. The van der Waals surface area contributed by atoms with Crippen molar-refractivity contribution < 1.29 is 71.4 Å². The van der Waals surface area contributed by atoms with Gasteiger partial charge in [0.1, 0.15) is 30.4 Å². The number of rotatable bonds is 9. The molecular formula is C24H32O15S. The molecule has 0 radical (unpaired) electrons. The topological polar surface area (TPSA) is 185 Å². The van der Waals surface area contributed by atoms with Crippen LogP contribution in [0.15, 0.2) is 0 Å². The summed E-state index contributed by atoms with van der Waals surface area (Å²) in [5.41, 5.74) is -1.21.